The van der Waals surface area contributed by atoms with Crippen molar-refractivity contribution in [2.24, 2.45) is 0 Å². The van der Waals surface area contributed by atoms with Gasteiger partial charge in [-0.05, 0) is 0 Å². The summed E-state index contributed by atoms with van der Waals surface area (Å²) in [5.41, 5.74) is 0. The van der Waals surface area contributed by atoms with Crippen LogP contribution >= 0.6 is 0 Å². The maximum absolute atomic E-state index is 10.1. The van der Waals surface area contributed by atoms with Crippen LogP contribution in [0, 0.1) is 0 Å². The molecule has 0 atom stereocenters. The lowest BCUT2D eigenvalue weighted by Gasteiger charge is -1.77. The molecule has 0 radical (unpaired) electrons. The van der Waals surface area contributed by atoms with Crippen molar-refractivity contribution in [3.8, 4) is 0 Å². The van der Waals surface area contributed by atoms with E-state index in [1.165, 1.54) is 0 Å². The average molecular weight is 173 g/mol. The molecule has 0 aromatic rings. The van der Waals surface area contributed by atoms with Gasteiger partial charge in [-0.25, -0.2) is 0 Å². The van der Waals surface area contributed by atoms with Crippen molar-refractivity contribution < 1.29 is 18.4 Å². The van der Waals surface area contributed by atoms with E-state index in [4.69, 9.17) is 14.2 Å². The first kappa shape index (κ1) is 9.25. The highest BCUT2D eigenvalue weighted by molar-refractivity contribution is 8.34. The van der Waals surface area contributed by atoms with Crippen LogP contribution in [0.15, 0.2) is 0 Å². The van der Waals surface area contributed by atoms with Gasteiger partial charge in [-0.15, -0.1) is 0 Å². The standard InChI is InChI=1S/C3H8O4S2/c4-2-1-3-8-9(5,6)7/h4H,1-3H2,(H-,5,6,7)/p+1. The monoisotopic (exact) mass is 173 g/mol. The summed E-state index contributed by atoms with van der Waals surface area (Å²) in [5.74, 6) is 0.294. The van der Waals surface area contributed by atoms with Crippen molar-refractivity contribution in [2.45, 2.75) is 6.42 Å². The summed E-state index contributed by atoms with van der Waals surface area (Å²) in [5, 5.41) is 8.19. The van der Waals surface area contributed by atoms with Crippen LogP contribution in [0.1, 0.15) is 6.42 Å². The molecule has 0 aromatic carbocycles. The van der Waals surface area contributed by atoms with Crippen molar-refractivity contribution in [3.63, 3.8) is 0 Å². The number of aliphatic hydroxyl groups is 1. The molecule has 0 spiro atoms. The average Bonchev–Trinajstić information content (AvgIpc) is 1.63. The van der Waals surface area contributed by atoms with Gasteiger partial charge in [0.15, 0.2) is 5.75 Å². The fourth-order valence-electron chi connectivity index (χ4n) is 0.232. The van der Waals surface area contributed by atoms with Crippen LogP contribution in [0.2, 0.25) is 0 Å². The maximum atomic E-state index is 10.1. The Bertz CT molecular complexity index is 161. The Morgan fingerprint density at radius 3 is 2.33 bits per heavy atom. The molecular weight excluding hydrogens is 164 g/mol. The predicted octanol–water partition coefficient (Wildman–Crippen LogP) is -0.403. The number of hydrogen-bond donors (Lipinski definition) is 3. The van der Waals surface area contributed by atoms with Crippen molar-refractivity contribution >= 4 is 19.4 Å². The second-order valence-corrected chi connectivity index (χ2v) is 4.90. The van der Waals surface area contributed by atoms with Gasteiger partial charge in [0.05, 0.1) is 0 Å². The van der Waals surface area contributed by atoms with Crippen LogP contribution in [0.4, 0.5) is 0 Å². The van der Waals surface area contributed by atoms with Gasteiger partial charge in [-0.1, -0.05) is 0 Å². The quantitative estimate of drug-likeness (QED) is 0.401. The van der Waals surface area contributed by atoms with Crippen LogP contribution < -0.4 is 0 Å². The lowest BCUT2D eigenvalue weighted by molar-refractivity contribution is 0.296. The van der Waals surface area contributed by atoms with E-state index in [2.05, 4.69) is 0 Å². The van der Waals surface area contributed by atoms with Gasteiger partial charge in [-0.2, -0.15) is 4.21 Å². The van der Waals surface area contributed by atoms with E-state index < -0.39 is 9.05 Å². The number of aliphatic hydroxyl groups excluding tert-OH is 1. The van der Waals surface area contributed by atoms with Crippen LogP contribution in [0.3, 0.4) is 0 Å². The molecule has 0 rings (SSSR count). The minimum atomic E-state index is -3.64. The molecule has 0 aromatic heterocycles. The van der Waals surface area contributed by atoms with E-state index in [0.717, 1.165) is 0 Å². The highest BCUT2D eigenvalue weighted by Crippen LogP contribution is 1.81. The lowest BCUT2D eigenvalue weighted by Crippen LogP contribution is -1.99. The summed E-state index contributed by atoms with van der Waals surface area (Å²) < 4.78 is 26.5. The largest absolute Gasteiger partial charge is 0.430 e. The van der Waals surface area contributed by atoms with Crippen LogP contribution in [-0.4, -0.2) is 30.8 Å². The maximum Gasteiger partial charge on any atom is 0.430 e. The van der Waals surface area contributed by atoms with Crippen molar-refractivity contribution in [1.82, 2.24) is 0 Å². The molecule has 0 aliphatic carbocycles. The van der Waals surface area contributed by atoms with Gasteiger partial charge in [0, 0.05) is 13.0 Å². The SMILES string of the molecule is O=S(O)(O)=[S+]CCCO. The Morgan fingerprint density at radius 2 is 2.00 bits per heavy atom. The Balaban J connectivity index is 3.59. The first-order valence-corrected chi connectivity index (χ1v) is 5.28. The van der Waals surface area contributed by atoms with E-state index >= 15 is 0 Å². The lowest BCUT2D eigenvalue weighted by atomic mass is 10.5. The summed E-state index contributed by atoms with van der Waals surface area (Å²) in [6, 6.07) is 0. The first-order chi connectivity index (χ1) is 4.06. The van der Waals surface area contributed by atoms with Gasteiger partial charge < -0.3 is 5.11 Å². The second kappa shape index (κ2) is 4.13. The molecule has 6 heteroatoms. The van der Waals surface area contributed by atoms with Gasteiger partial charge in [0.2, 0.25) is 0 Å². The Hall–Kier alpha value is 0.250. The smallest absolute Gasteiger partial charge is 0.396 e. The summed E-state index contributed by atoms with van der Waals surface area (Å²) in [6.07, 6.45) is 0.419. The molecule has 4 nitrogen and oxygen atoms in total. The third kappa shape index (κ3) is 8.25. The highest BCUT2D eigenvalue weighted by atomic mass is 32.9. The first-order valence-electron chi connectivity index (χ1n) is 2.30. The van der Waals surface area contributed by atoms with Crippen molar-refractivity contribution in [1.29, 1.82) is 0 Å². The third-order valence-corrected chi connectivity index (χ3v) is 2.72. The van der Waals surface area contributed by atoms with E-state index in [0.29, 0.717) is 22.5 Å². The zero-order valence-corrected chi connectivity index (χ0v) is 6.32. The van der Waals surface area contributed by atoms with E-state index in [1.54, 1.807) is 0 Å². The summed E-state index contributed by atoms with van der Waals surface area (Å²) in [4.78, 5) is 0. The zero-order chi connectivity index (χ0) is 7.33. The van der Waals surface area contributed by atoms with Crippen molar-refractivity contribution in [3.05, 3.63) is 0 Å². The molecule has 0 aliphatic heterocycles. The molecule has 0 saturated heterocycles. The van der Waals surface area contributed by atoms with E-state index in [-0.39, 0.29) is 6.61 Å². The molecule has 0 heterocycles. The Labute approximate surface area is 57.2 Å². The Kier molecular flexibility index (Phi) is 4.24. The topological polar surface area (TPSA) is 77.8 Å². The summed E-state index contributed by atoms with van der Waals surface area (Å²) in [6.45, 7) is -0.0253. The van der Waals surface area contributed by atoms with Gasteiger partial charge in [0.25, 0.3) is 10.3 Å². The third-order valence-electron chi connectivity index (χ3n) is 0.539. The molecule has 0 fully saturated rings. The Morgan fingerprint density at radius 1 is 1.44 bits per heavy atom. The summed E-state index contributed by atoms with van der Waals surface area (Å²) in [7, 11) is -3.10. The molecular formula is C3H9O4S2+. The van der Waals surface area contributed by atoms with E-state index in [9.17, 15) is 4.21 Å². The van der Waals surface area contributed by atoms with Crippen LogP contribution in [-0.2, 0) is 19.4 Å². The highest BCUT2D eigenvalue weighted by Gasteiger charge is 2.07. The van der Waals surface area contributed by atoms with Crippen LogP contribution in [0.5, 0.6) is 0 Å². The number of rotatable bonds is 3. The molecule has 0 saturated carbocycles. The van der Waals surface area contributed by atoms with Crippen molar-refractivity contribution in [2.75, 3.05) is 12.4 Å². The fourth-order valence-corrected chi connectivity index (χ4v) is 1.70. The molecule has 0 bridgehead atoms. The molecule has 0 unspecified atom stereocenters. The van der Waals surface area contributed by atoms with Gasteiger partial charge >= 0.3 is 9.05 Å². The second-order valence-electron chi connectivity index (χ2n) is 1.35. The van der Waals surface area contributed by atoms with E-state index in [1.807, 2.05) is 0 Å². The summed E-state index contributed by atoms with van der Waals surface area (Å²) >= 11 is 0. The van der Waals surface area contributed by atoms with Gasteiger partial charge in [-0.3, -0.25) is 9.11 Å². The minimum absolute atomic E-state index is 0.0253. The molecule has 0 aliphatic rings. The van der Waals surface area contributed by atoms with Crippen LogP contribution in [0.25, 0.3) is 0 Å². The molecule has 3 N–H and O–H groups in total. The predicted molar refractivity (Wildman–Crippen MR) is 37.3 cm³/mol. The van der Waals surface area contributed by atoms with Gasteiger partial charge in [0.1, 0.15) is 0 Å². The normalized spacial score (nSPS) is 11.4. The molecule has 0 amide bonds. The minimum Gasteiger partial charge on any atom is -0.396 e. The molecule has 56 valence electrons. The number of hydrogen-bond acceptors (Lipinski definition) is 2. The molecule has 9 heavy (non-hydrogen) atoms. The zero-order valence-electron chi connectivity index (χ0n) is 4.69. The fraction of sp³-hybridized carbons (Fsp3) is 1.00.